The number of oxazole rings is 1. The molecular formula is C16H17N3O2. The summed E-state index contributed by atoms with van der Waals surface area (Å²) < 4.78 is 5.81. The maximum absolute atomic E-state index is 11.7. The second-order valence-corrected chi connectivity index (χ2v) is 5.81. The lowest BCUT2D eigenvalue weighted by molar-refractivity contribution is -0.119. The number of rotatable bonds is 4. The van der Waals surface area contributed by atoms with Gasteiger partial charge in [0.1, 0.15) is 11.8 Å². The third-order valence-electron chi connectivity index (χ3n) is 4.28. The van der Waals surface area contributed by atoms with Crippen molar-refractivity contribution < 1.29 is 9.21 Å². The van der Waals surface area contributed by atoms with E-state index in [1.807, 2.05) is 35.4 Å². The van der Waals surface area contributed by atoms with Crippen LogP contribution in [-0.4, -0.2) is 16.9 Å². The predicted octanol–water partition coefficient (Wildman–Crippen LogP) is 1.97. The fourth-order valence-electron chi connectivity index (χ4n) is 3.00. The molecule has 1 aromatic carbocycles. The van der Waals surface area contributed by atoms with Gasteiger partial charge in [-0.15, -0.1) is 0 Å². The van der Waals surface area contributed by atoms with Crippen LogP contribution in [-0.2, 0) is 17.8 Å². The van der Waals surface area contributed by atoms with Gasteiger partial charge in [0.15, 0.2) is 0 Å². The van der Waals surface area contributed by atoms with Gasteiger partial charge in [0.2, 0.25) is 11.8 Å². The number of nitrogens with two attached hydrogens (primary N) is 1. The Morgan fingerprint density at radius 1 is 1.38 bits per heavy atom. The quantitative estimate of drug-likeness (QED) is 0.931. The number of anilines is 1. The number of fused-ring (bicyclic) bond motifs is 1. The molecule has 108 valence electrons. The minimum Gasteiger partial charge on any atom is -0.443 e. The molecule has 1 aromatic heterocycles. The van der Waals surface area contributed by atoms with E-state index in [1.54, 1.807) is 0 Å². The lowest BCUT2D eigenvalue weighted by Crippen LogP contribution is -2.42. The highest BCUT2D eigenvalue weighted by atomic mass is 16.4. The topological polar surface area (TPSA) is 72.4 Å². The smallest absolute Gasteiger partial charge is 0.240 e. The van der Waals surface area contributed by atoms with E-state index in [2.05, 4.69) is 4.98 Å². The first-order valence-corrected chi connectivity index (χ1v) is 7.31. The summed E-state index contributed by atoms with van der Waals surface area (Å²) in [5.41, 5.74) is 7.75. The number of benzene rings is 1. The number of hydrogen-bond donors (Lipinski definition) is 1. The average molecular weight is 283 g/mol. The molecule has 2 heterocycles. The Morgan fingerprint density at radius 3 is 2.95 bits per heavy atom. The van der Waals surface area contributed by atoms with E-state index in [0.717, 1.165) is 17.0 Å². The first kappa shape index (κ1) is 12.4. The zero-order valence-electron chi connectivity index (χ0n) is 11.7. The summed E-state index contributed by atoms with van der Waals surface area (Å²) in [7, 11) is 0. The van der Waals surface area contributed by atoms with Crippen LogP contribution in [0.25, 0.3) is 0 Å². The van der Waals surface area contributed by atoms with Gasteiger partial charge in [-0.05, 0) is 24.5 Å². The van der Waals surface area contributed by atoms with Crippen LogP contribution in [0.2, 0.25) is 0 Å². The van der Waals surface area contributed by atoms with Gasteiger partial charge in [-0.3, -0.25) is 4.79 Å². The maximum Gasteiger partial charge on any atom is 0.240 e. The second kappa shape index (κ2) is 4.62. The van der Waals surface area contributed by atoms with E-state index in [-0.39, 0.29) is 11.9 Å². The summed E-state index contributed by atoms with van der Waals surface area (Å²) in [5, 5.41) is 0. The zero-order valence-corrected chi connectivity index (χ0v) is 11.7. The highest BCUT2D eigenvalue weighted by molar-refractivity contribution is 5.86. The van der Waals surface area contributed by atoms with Crippen LogP contribution < -0.4 is 10.6 Å². The molecule has 2 aliphatic rings. The summed E-state index contributed by atoms with van der Waals surface area (Å²) in [5.74, 6) is 1.86. The Bertz CT molecular complexity index is 690. The molecule has 1 fully saturated rings. The number of carbonyl (C=O) groups excluding carboxylic acids is 1. The highest BCUT2D eigenvalue weighted by Gasteiger charge is 2.34. The summed E-state index contributed by atoms with van der Waals surface area (Å²) >= 11 is 0. The second-order valence-electron chi connectivity index (χ2n) is 5.81. The van der Waals surface area contributed by atoms with E-state index in [0.29, 0.717) is 24.8 Å². The van der Waals surface area contributed by atoms with Crippen LogP contribution in [0.1, 0.15) is 36.0 Å². The van der Waals surface area contributed by atoms with Crippen LogP contribution in [0.3, 0.4) is 0 Å². The molecule has 0 bridgehead atoms. The third-order valence-corrected chi connectivity index (χ3v) is 4.28. The number of amides is 1. The van der Waals surface area contributed by atoms with E-state index in [4.69, 9.17) is 10.2 Å². The zero-order chi connectivity index (χ0) is 14.4. The highest BCUT2D eigenvalue weighted by Crippen LogP contribution is 2.40. The summed E-state index contributed by atoms with van der Waals surface area (Å²) in [6, 6.07) is 7.69. The van der Waals surface area contributed by atoms with Crippen LogP contribution in [0, 0.1) is 0 Å². The van der Waals surface area contributed by atoms with E-state index < -0.39 is 0 Å². The van der Waals surface area contributed by atoms with Gasteiger partial charge in [0.25, 0.3) is 0 Å². The van der Waals surface area contributed by atoms with Crippen LogP contribution in [0.5, 0.6) is 0 Å². The molecule has 2 aromatic rings. The van der Waals surface area contributed by atoms with Gasteiger partial charge < -0.3 is 15.1 Å². The van der Waals surface area contributed by atoms with Crippen LogP contribution in [0.15, 0.2) is 34.9 Å². The van der Waals surface area contributed by atoms with Crippen molar-refractivity contribution in [2.24, 2.45) is 5.73 Å². The predicted molar refractivity (Wildman–Crippen MR) is 77.8 cm³/mol. The molecule has 1 amide bonds. The SMILES string of the molecule is NC(=O)[C@@H]1Cc2ccccc2N1Cc1ncc(C2CC2)o1. The molecule has 5 heteroatoms. The van der Waals surface area contributed by atoms with Crippen molar-refractivity contribution in [1.29, 1.82) is 0 Å². The lowest BCUT2D eigenvalue weighted by Gasteiger charge is -2.23. The molecule has 1 aliphatic carbocycles. The van der Waals surface area contributed by atoms with Crippen molar-refractivity contribution in [2.45, 2.75) is 37.8 Å². The molecule has 1 atom stereocenters. The Balaban J connectivity index is 1.62. The fraction of sp³-hybridized carbons (Fsp3) is 0.375. The van der Waals surface area contributed by atoms with Gasteiger partial charge in [0, 0.05) is 18.0 Å². The van der Waals surface area contributed by atoms with Crippen molar-refractivity contribution in [3.63, 3.8) is 0 Å². The molecule has 1 aliphatic heterocycles. The molecule has 0 saturated heterocycles. The Kier molecular flexibility index (Phi) is 2.74. The molecule has 21 heavy (non-hydrogen) atoms. The number of hydrogen-bond acceptors (Lipinski definition) is 4. The molecule has 4 rings (SSSR count). The molecule has 5 nitrogen and oxygen atoms in total. The van der Waals surface area contributed by atoms with E-state index >= 15 is 0 Å². The van der Waals surface area contributed by atoms with Gasteiger partial charge in [-0.2, -0.15) is 0 Å². The van der Waals surface area contributed by atoms with E-state index in [1.165, 1.54) is 12.8 Å². The van der Waals surface area contributed by atoms with Crippen molar-refractivity contribution in [3.05, 3.63) is 47.7 Å². The fourth-order valence-corrected chi connectivity index (χ4v) is 3.00. The van der Waals surface area contributed by atoms with Gasteiger partial charge in [-0.1, -0.05) is 18.2 Å². The average Bonchev–Trinajstić information content (AvgIpc) is 3.12. The first-order valence-electron chi connectivity index (χ1n) is 7.31. The Hall–Kier alpha value is -2.30. The van der Waals surface area contributed by atoms with Gasteiger partial charge in [0.05, 0.1) is 12.7 Å². The molecule has 2 N–H and O–H groups in total. The van der Waals surface area contributed by atoms with Crippen molar-refractivity contribution in [3.8, 4) is 0 Å². The van der Waals surface area contributed by atoms with Crippen LogP contribution >= 0.6 is 0 Å². The van der Waals surface area contributed by atoms with Gasteiger partial charge >= 0.3 is 0 Å². The van der Waals surface area contributed by atoms with Crippen molar-refractivity contribution >= 4 is 11.6 Å². The monoisotopic (exact) mass is 283 g/mol. The number of primary amides is 1. The maximum atomic E-state index is 11.7. The van der Waals surface area contributed by atoms with E-state index in [9.17, 15) is 4.79 Å². The summed E-state index contributed by atoms with van der Waals surface area (Å²) in [6.45, 7) is 0.483. The lowest BCUT2D eigenvalue weighted by atomic mass is 10.1. The summed E-state index contributed by atoms with van der Waals surface area (Å²) in [6.07, 6.45) is 4.84. The first-order chi connectivity index (χ1) is 10.2. The number of nitrogens with zero attached hydrogens (tertiary/aromatic N) is 2. The number of para-hydroxylation sites is 1. The minimum absolute atomic E-state index is 0.305. The molecule has 0 unspecified atom stereocenters. The van der Waals surface area contributed by atoms with Crippen molar-refractivity contribution in [2.75, 3.05) is 4.90 Å². The van der Waals surface area contributed by atoms with Crippen LogP contribution in [0.4, 0.5) is 5.69 Å². The number of carbonyl (C=O) groups is 1. The van der Waals surface area contributed by atoms with Crippen molar-refractivity contribution in [1.82, 2.24) is 4.98 Å². The molecule has 1 saturated carbocycles. The Morgan fingerprint density at radius 2 is 2.19 bits per heavy atom. The Labute approximate surface area is 122 Å². The molecular weight excluding hydrogens is 266 g/mol. The largest absolute Gasteiger partial charge is 0.443 e. The minimum atomic E-state index is -0.321. The third kappa shape index (κ3) is 2.18. The standard InChI is InChI=1S/C16H17N3O2/c17-16(20)13-7-11-3-1-2-4-12(11)19(13)9-15-18-8-14(21-15)10-5-6-10/h1-4,8,10,13H,5-7,9H2,(H2,17,20)/t13-/m0/s1. The van der Waals surface area contributed by atoms with Gasteiger partial charge in [-0.25, -0.2) is 4.98 Å². The molecule has 0 spiro atoms. The molecule has 0 radical (unpaired) electrons. The normalized spacial score (nSPS) is 20.6. The summed E-state index contributed by atoms with van der Waals surface area (Å²) in [4.78, 5) is 18.1. The number of aromatic nitrogens is 1.